The average Bonchev–Trinajstić information content (AvgIpc) is 3.11. The minimum atomic E-state index is -1.11. The standard InChI is InChI=1S/C17H16N4O2S/c1-17(23-2,12-8-4-3-5-9-12)15(22)19-16-21-20-14(24-16)13-10-6-7-11-18-13/h3-11H,1-2H3,(H,19,21,22). The van der Waals surface area contributed by atoms with Crippen LogP contribution in [0, 0.1) is 0 Å². The summed E-state index contributed by atoms with van der Waals surface area (Å²) in [6.45, 7) is 1.72. The first-order valence-electron chi connectivity index (χ1n) is 7.30. The van der Waals surface area contributed by atoms with Crippen molar-refractivity contribution in [3.05, 3.63) is 60.3 Å². The van der Waals surface area contributed by atoms with Crippen LogP contribution in [0.5, 0.6) is 0 Å². The quantitative estimate of drug-likeness (QED) is 0.772. The lowest BCUT2D eigenvalue weighted by molar-refractivity contribution is -0.136. The zero-order valence-corrected chi connectivity index (χ0v) is 14.1. The number of anilines is 1. The number of rotatable bonds is 5. The number of aromatic nitrogens is 3. The van der Waals surface area contributed by atoms with E-state index in [2.05, 4.69) is 20.5 Å². The number of carbonyl (C=O) groups excluding carboxylic acids is 1. The molecule has 7 heteroatoms. The van der Waals surface area contributed by atoms with Gasteiger partial charge in [-0.2, -0.15) is 0 Å². The largest absolute Gasteiger partial charge is 0.364 e. The Morgan fingerprint density at radius 3 is 2.54 bits per heavy atom. The Balaban J connectivity index is 1.81. The topological polar surface area (TPSA) is 77.0 Å². The molecule has 0 radical (unpaired) electrons. The van der Waals surface area contributed by atoms with Crippen molar-refractivity contribution in [3.8, 4) is 10.7 Å². The number of pyridine rings is 1. The van der Waals surface area contributed by atoms with Gasteiger partial charge in [0.05, 0.1) is 0 Å². The maximum atomic E-state index is 12.7. The highest BCUT2D eigenvalue weighted by atomic mass is 32.1. The first-order valence-corrected chi connectivity index (χ1v) is 8.12. The van der Waals surface area contributed by atoms with E-state index in [9.17, 15) is 4.79 Å². The number of amides is 1. The summed E-state index contributed by atoms with van der Waals surface area (Å²) < 4.78 is 5.48. The van der Waals surface area contributed by atoms with Gasteiger partial charge in [0.1, 0.15) is 5.69 Å². The van der Waals surface area contributed by atoms with Crippen LogP contribution in [-0.4, -0.2) is 28.2 Å². The van der Waals surface area contributed by atoms with Gasteiger partial charge in [0.15, 0.2) is 10.6 Å². The van der Waals surface area contributed by atoms with Crippen molar-refractivity contribution in [2.75, 3.05) is 12.4 Å². The van der Waals surface area contributed by atoms with Crippen molar-refractivity contribution in [2.24, 2.45) is 0 Å². The van der Waals surface area contributed by atoms with Gasteiger partial charge < -0.3 is 4.74 Å². The number of hydrogen-bond acceptors (Lipinski definition) is 6. The molecule has 3 rings (SSSR count). The van der Waals surface area contributed by atoms with Crippen molar-refractivity contribution in [1.82, 2.24) is 15.2 Å². The summed E-state index contributed by atoms with van der Waals surface area (Å²) in [5.74, 6) is -0.306. The van der Waals surface area contributed by atoms with Crippen molar-refractivity contribution in [1.29, 1.82) is 0 Å². The molecule has 1 unspecified atom stereocenters. The van der Waals surface area contributed by atoms with E-state index in [-0.39, 0.29) is 5.91 Å². The van der Waals surface area contributed by atoms with Gasteiger partial charge in [0, 0.05) is 13.3 Å². The van der Waals surface area contributed by atoms with E-state index >= 15 is 0 Å². The molecule has 1 N–H and O–H groups in total. The summed E-state index contributed by atoms with van der Waals surface area (Å²) in [6.07, 6.45) is 1.69. The predicted molar refractivity (Wildman–Crippen MR) is 92.6 cm³/mol. The van der Waals surface area contributed by atoms with Crippen molar-refractivity contribution in [3.63, 3.8) is 0 Å². The minimum Gasteiger partial charge on any atom is -0.364 e. The second-order valence-corrected chi connectivity index (χ2v) is 6.16. The average molecular weight is 340 g/mol. The van der Waals surface area contributed by atoms with Gasteiger partial charge >= 0.3 is 0 Å². The molecule has 0 saturated heterocycles. The first kappa shape index (κ1) is 16.2. The van der Waals surface area contributed by atoms with Crippen LogP contribution < -0.4 is 5.32 Å². The summed E-state index contributed by atoms with van der Waals surface area (Å²) in [4.78, 5) is 16.9. The third-order valence-corrected chi connectivity index (χ3v) is 4.56. The van der Waals surface area contributed by atoms with E-state index < -0.39 is 5.60 Å². The van der Waals surface area contributed by atoms with Gasteiger partial charge in [-0.1, -0.05) is 47.7 Å². The van der Waals surface area contributed by atoms with Crippen LogP contribution >= 0.6 is 11.3 Å². The van der Waals surface area contributed by atoms with E-state index in [1.54, 1.807) is 13.1 Å². The van der Waals surface area contributed by atoms with Crippen LogP contribution in [0.25, 0.3) is 10.7 Å². The molecule has 3 aromatic rings. The predicted octanol–water partition coefficient (Wildman–Crippen LogP) is 3.10. The lowest BCUT2D eigenvalue weighted by atomic mass is 9.95. The molecule has 0 aliphatic heterocycles. The molecule has 0 bridgehead atoms. The zero-order chi connectivity index (χ0) is 17.0. The lowest BCUT2D eigenvalue weighted by Crippen LogP contribution is -2.39. The maximum Gasteiger partial charge on any atom is 0.262 e. The van der Waals surface area contributed by atoms with Gasteiger partial charge in [-0.15, -0.1) is 10.2 Å². The molecule has 24 heavy (non-hydrogen) atoms. The Morgan fingerprint density at radius 1 is 1.12 bits per heavy atom. The van der Waals surface area contributed by atoms with E-state index in [0.717, 1.165) is 5.56 Å². The molecule has 0 aliphatic rings. The molecule has 0 saturated carbocycles. The Kier molecular flexibility index (Phi) is 4.64. The minimum absolute atomic E-state index is 0.306. The van der Waals surface area contributed by atoms with Gasteiger partial charge in [-0.25, -0.2) is 0 Å². The van der Waals surface area contributed by atoms with Crippen LogP contribution in [0.3, 0.4) is 0 Å². The van der Waals surface area contributed by atoms with Gasteiger partial charge in [-0.3, -0.25) is 15.1 Å². The fourth-order valence-electron chi connectivity index (χ4n) is 2.18. The summed E-state index contributed by atoms with van der Waals surface area (Å²) in [6, 6.07) is 14.9. The molecule has 6 nitrogen and oxygen atoms in total. The van der Waals surface area contributed by atoms with E-state index in [1.165, 1.54) is 18.4 Å². The van der Waals surface area contributed by atoms with E-state index in [1.807, 2.05) is 48.5 Å². The smallest absolute Gasteiger partial charge is 0.262 e. The van der Waals surface area contributed by atoms with E-state index in [4.69, 9.17) is 4.74 Å². The fraction of sp³-hybridized carbons (Fsp3) is 0.176. The summed E-state index contributed by atoms with van der Waals surface area (Å²) in [5.41, 5.74) is 0.366. The van der Waals surface area contributed by atoms with Crippen LogP contribution in [0.1, 0.15) is 12.5 Å². The SMILES string of the molecule is COC(C)(C(=O)Nc1nnc(-c2ccccn2)s1)c1ccccc1. The third kappa shape index (κ3) is 3.17. The number of methoxy groups -OCH3 is 1. The molecule has 0 spiro atoms. The van der Waals surface area contributed by atoms with Crippen LogP contribution in [0.2, 0.25) is 0 Å². The number of nitrogens with zero attached hydrogens (tertiary/aromatic N) is 3. The highest BCUT2D eigenvalue weighted by Crippen LogP contribution is 2.29. The van der Waals surface area contributed by atoms with Gasteiger partial charge in [0.2, 0.25) is 5.13 Å². The number of hydrogen-bond donors (Lipinski definition) is 1. The molecule has 1 amide bonds. The molecule has 1 atom stereocenters. The Morgan fingerprint density at radius 2 is 1.88 bits per heavy atom. The fourth-order valence-corrected chi connectivity index (χ4v) is 2.90. The molecule has 0 aliphatic carbocycles. The molecule has 122 valence electrons. The molecular weight excluding hydrogens is 324 g/mol. The second kappa shape index (κ2) is 6.86. The zero-order valence-electron chi connectivity index (χ0n) is 13.3. The molecule has 2 aromatic heterocycles. The number of carbonyl (C=O) groups is 1. The van der Waals surface area contributed by atoms with Crippen molar-refractivity contribution in [2.45, 2.75) is 12.5 Å². The maximum absolute atomic E-state index is 12.7. The second-order valence-electron chi connectivity index (χ2n) is 5.18. The lowest BCUT2D eigenvalue weighted by Gasteiger charge is -2.26. The van der Waals surface area contributed by atoms with Crippen LogP contribution in [0.4, 0.5) is 5.13 Å². The number of ether oxygens (including phenoxy) is 1. The number of benzene rings is 1. The van der Waals surface area contributed by atoms with Crippen molar-refractivity contribution < 1.29 is 9.53 Å². The number of nitrogens with one attached hydrogen (secondary N) is 1. The summed E-state index contributed by atoms with van der Waals surface area (Å²) >= 11 is 1.26. The molecule has 0 fully saturated rings. The Hall–Kier alpha value is -2.64. The Bertz CT molecular complexity index is 823. The summed E-state index contributed by atoms with van der Waals surface area (Å²) in [5, 5.41) is 11.9. The van der Waals surface area contributed by atoms with Gasteiger partial charge in [0.25, 0.3) is 5.91 Å². The first-order chi connectivity index (χ1) is 11.6. The van der Waals surface area contributed by atoms with Crippen LogP contribution in [0.15, 0.2) is 54.7 Å². The van der Waals surface area contributed by atoms with Crippen molar-refractivity contribution >= 4 is 22.4 Å². The highest BCUT2D eigenvalue weighted by molar-refractivity contribution is 7.18. The third-order valence-electron chi connectivity index (χ3n) is 3.70. The molecule has 1 aromatic carbocycles. The molecule has 2 heterocycles. The monoisotopic (exact) mass is 340 g/mol. The van der Waals surface area contributed by atoms with Crippen LogP contribution in [-0.2, 0) is 15.1 Å². The van der Waals surface area contributed by atoms with Gasteiger partial charge in [-0.05, 0) is 24.6 Å². The summed E-state index contributed by atoms with van der Waals surface area (Å²) in [7, 11) is 1.51. The normalized spacial score (nSPS) is 13.2. The highest BCUT2D eigenvalue weighted by Gasteiger charge is 2.35. The van der Waals surface area contributed by atoms with E-state index in [0.29, 0.717) is 15.8 Å². The Labute approximate surface area is 143 Å². The molecular formula is C17H16N4O2S.